The van der Waals surface area contributed by atoms with Gasteiger partial charge in [0.2, 0.25) is 0 Å². The van der Waals surface area contributed by atoms with Crippen LogP contribution in [-0.4, -0.2) is 4.98 Å². The Hall–Kier alpha value is -1.15. The van der Waals surface area contributed by atoms with Gasteiger partial charge in [-0.3, -0.25) is 0 Å². The Morgan fingerprint density at radius 2 is 2.07 bits per heavy atom. The van der Waals surface area contributed by atoms with E-state index in [1.165, 1.54) is 16.5 Å². The molecule has 0 fully saturated rings. The summed E-state index contributed by atoms with van der Waals surface area (Å²) < 4.78 is 0.866. The number of rotatable bonds is 1. The van der Waals surface area contributed by atoms with E-state index in [1.807, 2.05) is 0 Å². The van der Waals surface area contributed by atoms with E-state index in [0.29, 0.717) is 0 Å². The van der Waals surface area contributed by atoms with Gasteiger partial charge < -0.3 is 4.98 Å². The van der Waals surface area contributed by atoms with Crippen molar-refractivity contribution in [2.75, 3.05) is 0 Å². The lowest BCUT2D eigenvalue weighted by Gasteiger charge is -2.03. The molecule has 72 valence electrons. The van der Waals surface area contributed by atoms with Crippen molar-refractivity contribution >= 4 is 23.1 Å². The van der Waals surface area contributed by atoms with Crippen molar-refractivity contribution < 1.29 is 0 Å². The van der Waals surface area contributed by atoms with E-state index >= 15 is 0 Å². The average molecular weight is 203 g/mol. The maximum Gasteiger partial charge on any atom is 0.106 e. The van der Waals surface area contributed by atoms with Gasteiger partial charge in [-0.2, -0.15) is 0 Å². The van der Waals surface area contributed by atoms with Crippen LogP contribution in [0.4, 0.5) is 0 Å². The first-order valence-electron chi connectivity index (χ1n) is 4.83. The number of aryl methyl sites for hydroxylation is 2. The molecule has 0 bridgehead atoms. The molecule has 0 atom stereocenters. The molecule has 1 N–H and O–H groups in total. The fourth-order valence-electron chi connectivity index (χ4n) is 1.62. The lowest BCUT2D eigenvalue weighted by Crippen LogP contribution is -1.88. The van der Waals surface area contributed by atoms with Crippen LogP contribution in [0.25, 0.3) is 10.9 Å². The van der Waals surface area contributed by atoms with Crippen molar-refractivity contribution in [2.45, 2.75) is 20.3 Å². The molecular formula is C12H13NS. The Kier molecular flexibility index (Phi) is 2.38. The van der Waals surface area contributed by atoms with Crippen LogP contribution in [0, 0.1) is 11.6 Å². The zero-order chi connectivity index (χ0) is 10.1. The second-order valence-corrected chi connectivity index (χ2v) is 3.98. The van der Waals surface area contributed by atoms with Gasteiger partial charge in [-0.25, -0.2) is 0 Å². The summed E-state index contributed by atoms with van der Waals surface area (Å²) in [7, 11) is 0. The highest BCUT2D eigenvalue weighted by Crippen LogP contribution is 2.16. The van der Waals surface area contributed by atoms with Crippen LogP contribution in [0.15, 0.2) is 24.3 Å². The van der Waals surface area contributed by atoms with E-state index in [9.17, 15) is 0 Å². The van der Waals surface area contributed by atoms with Gasteiger partial charge in [-0.15, -0.1) is 0 Å². The second kappa shape index (κ2) is 3.54. The van der Waals surface area contributed by atoms with Crippen molar-refractivity contribution in [3.05, 3.63) is 40.0 Å². The van der Waals surface area contributed by atoms with Crippen LogP contribution in [0.1, 0.15) is 18.1 Å². The third kappa shape index (κ3) is 1.58. The van der Waals surface area contributed by atoms with E-state index in [2.05, 4.69) is 43.1 Å². The first kappa shape index (κ1) is 9.41. The molecule has 0 aliphatic heterocycles. The zero-order valence-electron chi connectivity index (χ0n) is 8.42. The standard InChI is InChI=1S/C12H13NS/c1-3-9-7-10-5-4-8(2)6-11(10)13-12(9)14/h4-7H,3H2,1-2H3,(H,13,14). The van der Waals surface area contributed by atoms with Crippen molar-refractivity contribution in [3.63, 3.8) is 0 Å². The number of benzene rings is 1. The third-order valence-corrected chi connectivity index (χ3v) is 2.82. The van der Waals surface area contributed by atoms with Crippen molar-refractivity contribution in [2.24, 2.45) is 0 Å². The SMILES string of the molecule is CCc1cc2ccc(C)cc2[nH]c1=S. The van der Waals surface area contributed by atoms with Crippen LogP contribution < -0.4 is 0 Å². The van der Waals surface area contributed by atoms with Crippen molar-refractivity contribution in [1.29, 1.82) is 0 Å². The van der Waals surface area contributed by atoms with E-state index in [-0.39, 0.29) is 0 Å². The predicted octanol–water partition coefficient (Wildman–Crippen LogP) is 3.77. The fourth-order valence-corrected chi connectivity index (χ4v) is 1.94. The topological polar surface area (TPSA) is 15.8 Å². The molecular weight excluding hydrogens is 190 g/mol. The second-order valence-electron chi connectivity index (χ2n) is 3.57. The minimum atomic E-state index is 0.866. The molecule has 0 unspecified atom stereocenters. The summed E-state index contributed by atoms with van der Waals surface area (Å²) in [6.45, 7) is 4.21. The van der Waals surface area contributed by atoms with Crippen LogP contribution in [0.3, 0.4) is 0 Å². The minimum absolute atomic E-state index is 0.866. The fraction of sp³-hybridized carbons (Fsp3) is 0.250. The van der Waals surface area contributed by atoms with Crippen molar-refractivity contribution in [1.82, 2.24) is 4.98 Å². The summed E-state index contributed by atoms with van der Waals surface area (Å²) in [5.41, 5.74) is 3.61. The molecule has 0 radical (unpaired) electrons. The smallest absolute Gasteiger partial charge is 0.106 e. The molecule has 0 aliphatic rings. The summed E-state index contributed by atoms with van der Waals surface area (Å²) in [5, 5.41) is 1.24. The summed E-state index contributed by atoms with van der Waals surface area (Å²) in [4.78, 5) is 3.26. The first-order valence-corrected chi connectivity index (χ1v) is 5.24. The summed E-state index contributed by atoms with van der Waals surface area (Å²) >= 11 is 5.27. The van der Waals surface area contributed by atoms with Gasteiger partial charge in [-0.1, -0.05) is 31.3 Å². The number of aromatic amines is 1. The summed E-state index contributed by atoms with van der Waals surface area (Å²) in [5.74, 6) is 0. The van der Waals surface area contributed by atoms with E-state index in [0.717, 1.165) is 16.6 Å². The molecule has 0 saturated carbocycles. The lowest BCUT2D eigenvalue weighted by molar-refractivity contribution is 1.11. The Bertz CT molecular complexity index is 525. The van der Waals surface area contributed by atoms with Gasteiger partial charge in [-0.05, 0) is 42.0 Å². The highest BCUT2D eigenvalue weighted by molar-refractivity contribution is 7.71. The van der Waals surface area contributed by atoms with E-state index in [1.54, 1.807) is 0 Å². The molecule has 2 aromatic rings. The Labute approximate surface area is 88.8 Å². The molecule has 2 heteroatoms. The Morgan fingerprint density at radius 3 is 2.79 bits per heavy atom. The summed E-state index contributed by atoms with van der Waals surface area (Å²) in [6, 6.07) is 8.56. The summed E-state index contributed by atoms with van der Waals surface area (Å²) in [6.07, 6.45) is 0.985. The van der Waals surface area contributed by atoms with Gasteiger partial charge in [0.05, 0.1) is 0 Å². The highest BCUT2D eigenvalue weighted by atomic mass is 32.1. The molecule has 0 amide bonds. The number of pyridine rings is 1. The normalized spacial score (nSPS) is 10.7. The Morgan fingerprint density at radius 1 is 1.29 bits per heavy atom. The number of nitrogens with one attached hydrogen (secondary N) is 1. The zero-order valence-corrected chi connectivity index (χ0v) is 9.24. The predicted molar refractivity (Wildman–Crippen MR) is 63.2 cm³/mol. The number of H-pyrrole nitrogens is 1. The molecule has 2 rings (SSSR count). The van der Waals surface area contributed by atoms with E-state index in [4.69, 9.17) is 12.2 Å². The van der Waals surface area contributed by atoms with Gasteiger partial charge in [0.1, 0.15) is 4.64 Å². The maximum absolute atomic E-state index is 5.27. The molecule has 0 spiro atoms. The lowest BCUT2D eigenvalue weighted by atomic mass is 10.1. The third-order valence-electron chi connectivity index (χ3n) is 2.46. The number of fused-ring (bicyclic) bond motifs is 1. The minimum Gasteiger partial charge on any atom is -0.346 e. The van der Waals surface area contributed by atoms with Gasteiger partial charge in [0, 0.05) is 5.52 Å². The largest absolute Gasteiger partial charge is 0.346 e. The van der Waals surface area contributed by atoms with Gasteiger partial charge >= 0.3 is 0 Å². The average Bonchev–Trinajstić information content (AvgIpc) is 2.16. The molecule has 14 heavy (non-hydrogen) atoms. The van der Waals surface area contributed by atoms with Gasteiger partial charge in [0.25, 0.3) is 0 Å². The first-order chi connectivity index (χ1) is 6.70. The monoisotopic (exact) mass is 203 g/mol. The van der Waals surface area contributed by atoms with Crippen molar-refractivity contribution in [3.8, 4) is 0 Å². The van der Waals surface area contributed by atoms with Gasteiger partial charge in [0.15, 0.2) is 0 Å². The Balaban J connectivity index is 2.79. The molecule has 1 aromatic carbocycles. The van der Waals surface area contributed by atoms with Crippen LogP contribution in [0.5, 0.6) is 0 Å². The van der Waals surface area contributed by atoms with Crippen LogP contribution in [0.2, 0.25) is 0 Å². The molecule has 1 heterocycles. The maximum atomic E-state index is 5.27. The molecule has 1 nitrogen and oxygen atoms in total. The molecule has 0 aliphatic carbocycles. The number of hydrogen-bond donors (Lipinski definition) is 1. The molecule has 0 saturated heterocycles. The highest BCUT2D eigenvalue weighted by Gasteiger charge is 1.98. The van der Waals surface area contributed by atoms with E-state index < -0.39 is 0 Å². The van der Waals surface area contributed by atoms with Crippen LogP contribution in [-0.2, 0) is 6.42 Å². The molecule has 1 aromatic heterocycles. The number of aromatic nitrogens is 1. The number of hydrogen-bond acceptors (Lipinski definition) is 1. The quantitative estimate of drug-likeness (QED) is 0.698. The van der Waals surface area contributed by atoms with Crippen LogP contribution >= 0.6 is 12.2 Å².